The van der Waals surface area contributed by atoms with Gasteiger partial charge in [-0.25, -0.2) is 0 Å². The van der Waals surface area contributed by atoms with Crippen LogP contribution in [-0.4, -0.2) is 44.2 Å². The van der Waals surface area contributed by atoms with E-state index in [9.17, 15) is 9.59 Å². The molecule has 8 heteroatoms. The minimum atomic E-state index is -1.04. The van der Waals surface area contributed by atoms with E-state index in [1.165, 1.54) is 91.5 Å². The maximum Gasteiger partial charge on any atom is 0.323 e. The number of hydrogen-bond donors (Lipinski definition) is 1. The standard InChI is InChI=1S/C23H34N2O3S3/c1-2-3-4-5-6-7-8-9-10-11-15-24-17-13-12-14-18(17)30-22(24)20-21(28)25(16-19(26)27)23(29)31-20/h2-16H2,1H3,(H,26,27). The Morgan fingerprint density at radius 3 is 2.26 bits per heavy atom. The van der Waals surface area contributed by atoms with Crippen LogP contribution >= 0.6 is 35.7 Å². The summed E-state index contributed by atoms with van der Waals surface area (Å²) in [6, 6.07) is 0. The van der Waals surface area contributed by atoms with E-state index in [1.807, 2.05) is 0 Å². The number of aliphatic carboxylic acids is 1. The first-order chi connectivity index (χ1) is 15.0. The molecule has 2 heterocycles. The molecule has 2 aliphatic heterocycles. The Kier molecular flexibility index (Phi) is 9.78. The topological polar surface area (TPSA) is 60.9 Å². The number of carbonyl (C=O) groups excluding carboxylic acids is 1. The Hall–Kier alpha value is -0.990. The molecule has 1 aliphatic carbocycles. The Balaban J connectivity index is 1.52. The van der Waals surface area contributed by atoms with Crippen molar-refractivity contribution in [1.82, 2.24) is 9.80 Å². The van der Waals surface area contributed by atoms with Gasteiger partial charge in [-0.05, 0) is 25.7 Å². The van der Waals surface area contributed by atoms with Gasteiger partial charge in [0.15, 0.2) is 0 Å². The van der Waals surface area contributed by atoms with E-state index in [4.69, 9.17) is 17.3 Å². The van der Waals surface area contributed by atoms with E-state index in [1.54, 1.807) is 11.8 Å². The molecule has 1 N–H and O–H groups in total. The Bertz CT molecular complexity index is 763. The lowest BCUT2D eigenvalue weighted by atomic mass is 10.1. The molecule has 3 aliphatic rings. The monoisotopic (exact) mass is 482 g/mol. The molecule has 0 aromatic heterocycles. The van der Waals surface area contributed by atoms with Gasteiger partial charge in [-0.3, -0.25) is 14.5 Å². The second-order valence-electron chi connectivity index (χ2n) is 8.45. The third kappa shape index (κ3) is 6.51. The quantitative estimate of drug-likeness (QED) is 0.183. The molecule has 1 saturated heterocycles. The van der Waals surface area contributed by atoms with Gasteiger partial charge in [-0.2, -0.15) is 0 Å². The van der Waals surface area contributed by atoms with Gasteiger partial charge in [0.2, 0.25) is 0 Å². The van der Waals surface area contributed by atoms with Crippen molar-refractivity contribution >= 4 is 51.9 Å². The number of carboxylic acids is 1. The van der Waals surface area contributed by atoms with Gasteiger partial charge in [0.25, 0.3) is 5.91 Å². The van der Waals surface area contributed by atoms with Crippen LogP contribution in [0.5, 0.6) is 0 Å². The minimum Gasteiger partial charge on any atom is -0.480 e. The van der Waals surface area contributed by atoms with Crippen LogP contribution in [0.4, 0.5) is 0 Å². The van der Waals surface area contributed by atoms with Crippen molar-refractivity contribution in [3.05, 3.63) is 20.5 Å². The van der Waals surface area contributed by atoms with Crippen molar-refractivity contribution in [2.75, 3.05) is 13.1 Å². The van der Waals surface area contributed by atoms with Crippen molar-refractivity contribution in [2.45, 2.75) is 90.4 Å². The second kappa shape index (κ2) is 12.3. The summed E-state index contributed by atoms with van der Waals surface area (Å²) in [7, 11) is 0. The summed E-state index contributed by atoms with van der Waals surface area (Å²) in [6.07, 6.45) is 16.4. The van der Waals surface area contributed by atoms with Gasteiger partial charge >= 0.3 is 5.97 Å². The van der Waals surface area contributed by atoms with Crippen LogP contribution in [0.15, 0.2) is 20.5 Å². The number of hydrogen-bond acceptors (Lipinski definition) is 6. The van der Waals surface area contributed by atoms with Crippen LogP contribution in [0.25, 0.3) is 0 Å². The number of amides is 1. The second-order valence-corrected chi connectivity index (χ2v) is 11.2. The van der Waals surface area contributed by atoms with E-state index < -0.39 is 5.97 Å². The molecule has 31 heavy (non-hydrogen) atoms. The van der Waals surface area contributed by atoms with Crippen LogP contribution in [0, 0.1) is 0 Å². The number of thioether (sulfide) groups is 2. The minimum absolute atomic E-state index is 0.255. The van der Waals surface area contributed by atoms with Crippen LogP contribution in [-0.2, 0) is 9.59 Å². The van der Waals surface area contributed by atoms with E-state index >= 15 is 0 Å². The molecule has 3 rings (SSSR count). The Morgan fingerprint density at radius 2 is 1.61 bits per heavy atom. The molecule has 1 fully saturated rings. The van der Waals surface area contributed by atoms with Crippen molar-refractivity contribution in [2.24, 2.45) is 0 Å². The fourth-order valence-corrected chi connectivity index (χ4v) is 7.13. The number of carbonyl (C=O) groups is 2. The van der Waals surface area contributed by atoms with Gasteiger partial charge in [-0.15, -0.1) is 0 Å². The normalized spacial score (nSPS) is 21.1. The molecule has 5 nitrogen and oxygen atoms in total. The first kappa shape index (κ1) is 24.6. The van der Waals surface area contributed by atoms with Crippen LogP contribution in [0.3, 0.4) is 0 Å². The third-order valence-corrected chi connectivity index (χ3v) is 8.87. The van der Waals surface area contributed by atoms with E-state index in [-0.39, 0.29) is 12.5 Å². The molecule has 0 spiro atoms. The summed E-state index contributed by atoms with van der Waals surface area (Å²) in [5.74, 6) is -1.29. The van der Waals surface area contributed by atoms with Crippen molar-refractivity contribution in [3.63, 3.8) is 0 Å². The summed E-state index contributed by atoms with van der Waals surface area (Å²) in [5.41, 5.74) is 1.37. The lowest BCUT2D eigenvalue weighted by molar-refractivity contribution is -0.140. The zero-order valence-corrected chi connectivity index (χ0v) is 20.9. The zero-order chi connectivity index (χ0) is 22.2. The van der Waals surface area contributed by atoms with Gasteiger partial charge in [0.05, 0.1) is 5.03 Å². The lowest BCUT2D eigenvalue weighted by Crippen LogP contribution is -2.33. The van der Waals surface area contributed by atoms with Crippen LogP contribution in [0.1, 0.15) is 90.4 Å². The molecule has 0 radical (unpaired) electrons. The first-order valence-electron chi connectivity index (χ1n) is 11.7. The summed E-state index contributed by atoms with van der Waals surface area (Å²) < 4.78 is 0.349. The zero-order valence-electron chi connectivity index (χ0n) is 18.5. The average Bonchev–Trinajstić information content (AvgIpc) is 3.39. The summed E-state index contributed by atoms with van der Waals surface area (Å²) >= 11 is 8.26. The predicted molar refractivity (Wildman–Crippen MR) is 134 cm³/mol. The Labute approximate surface area is 200 Å². The molecule has 0 saturated carbocycles. The molecule has 1 amide bonds. The molecule has 0 aromatic carbocycles. The van der Waals surface area contributed by atoms with Crippen LogP contribution in [0.2, 0.25) is 0 Å². The molecular formula is C23H34N2O3S3. The number of allylic oxidation sites excluding steroid dienone is 2. The number of carboxylic acid groups (broad SMARTS) is 1. The van der Waals surface area contributed by atoms with Crippen molar-refractivity contribution in [3.8, 4) is 0 Å². The van der Waals surface area contributed by atoms with Crippen molar-refractivity contribution < 1.29 is 14.7 Å². The number of nitrogens with zero attached hydrogens (tertiary/aromatic N) is 2. The number of rotatable bonds is 13. The molecule has 0 unspecified atom stereocenters. The summed E-state index contributed by atoms with van der Waals surface area (Å²) in [4.78, 5) is 29.5. The highest BCUT2D eigenvalue weighted by atomic mass is 32.2. The fraction of sp³-hybridized carbons (Fsp3) is 0.696. The molecule has 0 bridgehead atoms. The molecule has 172 valence electrons. The van der Waals surface area contributed by atoms with Gasteiger partial charge in [-0.1, -0.05) is 100 Å². The Morgan fingerprint density at radius 1 is 0.968 bits per heavy atom. The predicted octanol–water partition coefficient (Wildman–Crippen LogP) is 6.47. The lowest BCUT2D eigenvalue weighted by Gasteiger charge is -2.24. The summed E-state index contributed by atoms with van der Waals surface area (Å²) in [6.45, 7) is 2.82. The highest BCUT2D eigenvalue weighted by molar-refractivity contribution is 8.27. The average molecular weight is 483 g/mol. The molecular weight excluding hydrogens is 448 g/mol. The van der Waals surface area contributed by atoms with Gasteiger partial charge in [0.1, 0.15) is 15.8 Å². The first-order valence-corrected chi connectivity index (χ1v) is 13.7. The highest BCUT2D eigenvalue weighted by Gasteiger charge is 2.41. The number of thiocarbonyl (C=S) groups is 1. The SMILES string of the molecule is CCCCCCCCCCCCN1C2=C(CCC2)SC1=C1SC(=S)N(CC(=O)O)C1=O. The largest absolute Gasteiger partial charge is 0.480 e. The van der Waals surface area contributed by atoms with Crippen molar-refractivity contribution in [1.29, 1.82) is 0 Å². The van der Waals surface area contributed by atoms with E-state index in [2.05, 4.69) is 11.8 Å². The fourth-order valence-electron chi connectivity index (χ4n) is 4.35. The van der Waals surface area contributed by atoms with E-state index in [0.29, 0.717) is 9.23 Å². The molecule has 0 atom stereocenters. The maximum atomic E-state index is 12.9. The maximum absolute atomic E-state index is 12.9. The number of unbranched alkanes of at least 4 members (excludes halogenated alkanes) is 9. The molecule has 0 aromatic rings. The van der Waals surface area contributed by atoms with E-state index in [0.717, 1.165) is 30.8 Å². The van der Waals surface area contributed by atoms with Gasteiger partial charge < -0.3 is 10.0 Å². The van der Waals surface area contributed by atoms with Gasteiger partial charge in [0, 0.05) is 17.1 Å². The van der Waals surface area contributed by atoms with Crippen LogP contribution < -0.4 is 0 Å². The highest BCUT2D eigenvalue weighted by Crippen LogP contribution is 2.52. The third-order valence-electron chi connectivity index (χ3n) is 6.00. The summed E-state index contributed by atoms with van der Waals surface area (Å²) in [5, 5.41) is 10.1. The smallest absolute Gasteiger partial charge is 0.323 e.